The van der Waals surface area contributed by atoms with Gasteiger partial charge in [-0.25, -0.2) is 0 Å². The largest absolute Gasteiger partial charge is 0.315 e. The van der Waals surface area contributed by atoms with Crippen LogP contribution < -0.4 is 5.32 Å². The normalized spacial score (nSPS) is 28.8. The summed E-state index contributed by atoms with van der Waals surface area (Å²) < 4.78 is 0. The van der Waals surface area contributed by atoms with Crippen LogP contribution in [0.4, 0.5) is 0 Å². The number of nitrogens with zero attached hydrogens (tertiary/aromatic N) is 1. The van der Waals surface area contributed by atoms with Gasteiger partial charge in [-0.3, -0.25) is 0 Å². The first-order chi connectivity index (χ1) is 17.4. The minimum Gasteiger partial charge on any atom is -0.315 e. The van der Waals surface area contributed by atoms with E-state index in [1.54, 1.807) is 0 Å². The van der Waals surface area contributed by atoms with Crippen molar-refractivity contribution in [3.05, 3.63) is 0 Å². The lowest BCUT2D eigenvalue weighted by molar-refractivity contribution is 0.316. The summed E-state index contributed by atoms with van der Waals surface area (Å²) in [7, 11) is 0. The second-order valence-corrected chi connectivity index (χ2v) is 12.3. The second kappa shape index (κ2) is 24.3. The molecule has 0 aromatic heterocycles. The maximum atomic E-state index is 3.72. The molecule has 2 saturated heterocycles. The molecule has 2 fully saturated rings. The van der Waals surface area contributed by atoms with Gasteiger partial charge >= 0.3 is 0 Å². The molecule has 0 radical (unpaired) electrons. The molecular weight excluding hydrogens is 424 g/mol. The second-order valence-electron chi connectivity index (χ2n) is 12.3. The first-order valence-electron chi connectivity index (χ1n) is 16.9. The smallest absolute Gasteiger partial charge is 0.0107 e. The van der Waals surface area contributed by atoms with E-state index in [4.69, 9.17) is 0 Å². The minimum absolute atomic E-state index is 0.994. The van der Waals surface area contributed by atoms with Crippen LogP contribution in [0.15, 0.2) is 0 Å². The summed E-state index contributed by atoms with van der Waals surface area (Å²) in [6, 6.07) is 0. The van der Waals surface area contributed by atoms with Crippen LogP contribution in [-0.4, -0.2) is 37.6 Å². The van der Waals surface area contributed by atoms with Crippen molar-refractivity contribution in [3.63, 3.8) is 0 Å². The summed E-state index contributed by atoms with van der Waals surface area (Å²) in [4.78, 5) is 2.72. The lowest BCUT2D eigenvalue weighted by Crippen LogP contribution is -2.31. The van der Waals surface area contributed by atoms with Crippen LogP contribution in [0.25, 0.3) is 0 Å². The van der Waals surface area contributed by atoms with Gasteiger partial charge in [0.05, 0.1) is 0 Å². The zero-order valence-corrected chi connectivity index (χ0v) is 24.2. The highest BCUT2D eigenvalue weighted by Crippen LogP contribution is 2.22. The van der Waals surface area contributed by atoms with Crippen molar-refractivity contribution in [2.75, 3.05) is 32.7 Å². The van der Waals surface area contributed by atoms with Crippen LogP contribution in [0.1, 0.15) is 173 Å². The first kappa shape index (κ1) is 31.1. The Morgan fingerprint density at radius 3 is 1.14 bits per heavy atom. The Morgan fingerprint density at radius 1 is 0.343 bits per heavy atom. The molecule has 2 aliphatic rings. The Labute approximate surface area is 222 Å². The molecule has 0 aromatic carbocycles. The molecule has 2 nitrogen and oxygen atoms in total. The predicted octanol–water partition coefficient (Wildman–Crippen LogP) is 10.1. The Kier molecular flexibility index (Phi) is 21.6. The topological polar surface area (TPSA) is 15.3 Å². The molecule has 2 aliphatic heterocycles. The van der Waals surface area contributed by atoms with E-state index in [0.29, 0.717) is 0 Å². The van der Waals surface area contributed by atoms with Crippen LogP contribution >= 0.6 is 0 Å². The van der Waals surface area contributed by atoms with Crippen LogP contribution in [0.2, 0.25) is 0 Å². The Balaban J connectivity index is 1.50. The maximum absolute atomic E-state index is 3.72. The van der Waals surface area contributed by atoms with Crippen molar-refractivity contribution in [3.8, 4) is 0 Å². The van der Waals surface area contributed by atoms with E-state index < -0.39 is 0 Å². The maximum Gasteiger partial charge on any atom is 0.0107 e. The van der Waals surface area contributed by atoms with Crippen molar-refractivity contribution in [1.82, 2.24) is 10.2 Å². The highest BCUT2D eigenvalue weighted by atomic mass is 15.2. The molecule has 2 rings (SSSR count). The fraction of sp³-hybridized carbons (Fsp3) is 1.00. The van der Waals surface area contributed by atoms with Crippen LogP contribution in [0.5, 0.6) is 0 Å². The Bertz CT molecular complexity index is 385. The zero-order chi connectivity index (χ0) is 24.5. The molecule has 0 saturated carbocycles. The first-order valence-corrected chi connectivity index (χ1v) is 16.9. The van der Waals surface area contributed by atoms with Gasteiger partial charge in [-0.15, -0.1) is 0 Å². The van der Waals surface area contributed by atoms with Gasteiger partial charge in [0.25, 0.3) is 0 Å². The van der Waals surface area contributed by atoms with E-state index in [1.807, 2.05) is 0 Å². The molecule has 2 bridgehead atoms. The highest BCUT2D eigenvalue weighted by molar-refractivity contribution is 4.76. The Hall–Kier alpha value is -0.0800. The summed E-state index contributed by atoms with van der Waals surface area (Å²) in [5.74, 6) is 0.994. The molecule has 0 aromatic rings. The molecule has 2 unspecified atom stereocenters. The molecule has 2 heteroatoms. The van der Waals surface area contributed by atoms with Gasteiger partial charge < -0.3 is 10.2 Å². The third-order valence-electron chi connectivity index (χ3n) is 8.94. The van der Waals surface area contributed by atoms with Gasteiger partial charge in [-0.2, -0.15) is 0 Å². The molecule has 0 aliphatic carbocycles. The molecule has 2 heterocycles. The molecule has 0 spiro atoms. The summed E-state index contributed by atoms with van der Waals surface area (Å²) >= 11 is 0. The molecule has 208 valence electrons. The predicted molar refractivity (Wildman–Crippen MR) is 157 cm³/mol. The minimum atomic E-state index is 0.994. The average Bonchev–Trinajstić information content (AvgIpc) is 3.32. The summed E-state index contributed by atoms with van der Waals surface area (Å²) in [5.41, 5.74) is 0. The molecule has 35 heavy (non-hydrogen) atoms. The number of nitrogens with one attached hydrogen (secondary N) is 1. The van der Waals surface area contributed by atoms with Crippen molar-refractivity contribution in [2.24, 2.45) is 5.92 Å². The van der Waals surface area contributed by atoms with Gasteiger partial charge in [0.2, 0.25) is 0 Å². The van der Waals surface area contributed by atoms with Crippen LogP contribution in [0, 0.1) is 5.92 Å². The fourth-order valence-electron chi connectivity index (χ4n) is 6.46. The SMILES string of the molecule is C1CCCCCCCCCCCCCNCCN2CCC(CCCCCCCCCCCCC1)C2. The van der Waals surface area contributed by atoms with Crippen molar-refractivity contribution in [1.29, 1.82) is 0 Å². The molecule has 0 amide bonds. The summed E-state index contributed by atoms with van der Waals surface area (Å²) in [6.45, 7) is 6.44. The standard InChI is InChI=1S/C33H66N2/c1-2-4-6-8-10-12-14-16-18-20-22-24-26-33-27-30-35(32-33)31-29-34-28-25-23-21-19-17-15-13-11-9-7-5-3-1/h33-34H,1-32H2. The lowest BCUT2D eigenvalue weighted by Gasteiger charge is -2.16. The number of fused-ring (bicyclic) bond motifs is 2. The highest BCUT2D eigenvalue weighted by Gasteiger charge is 2.21. The zero-order valence-electron chi connectivity index (χ0n) is 24.2. The van der Waals surface area contributed by atoms with E-state index >= 15 is 0 Å². The number of rotatable bonds is 0. The van der Waals surface area contributed by atoms with Gasteiger partial charge in [0, 0.05) is 19.6 Å². The van der Waals surface area contributed by atoms with Gasteiger partial charge in [-0.05, 0) is 38.3 Å². The third kappa shape index (κ3) is 19.7. The quantitative estimate of drug-likeness (QED) is 0.363. The molecular formula is C33H66N2. The lowest BCUT2D eigenvalue weighted by atomic mass is 9.99. The van der Waals surface area contributed by atoms with Crippen LogP contribution in [-0.2, 0) is 0 Å². The van der Waals surface area contributed by atoms with E-state index in [1.165, 1.54) is 206 Å². The summed E-state index contributed by atoms with van der Waals surface area (Å²) in [6.07, 6.45) is 40.0. The van der Waals surface area contributed by atoms with Crippen molar-refractivity contribution < 1.29 is 0 Å². The van der Waals surface area contributed by atoms with Gasteiger partial charge in [-0.1, -0.05) is 154 Å². The molecule has 1 N–H and O–H groups in total. The third-order valence-corrected chi connectivity index (χ3v) is 8.94. The van der Waals surface area contributed by atoms with Crippen molar-refractivity contribution in [2.45, 2.75) is 173 Å². The van der Waals surface area contributed by atoms with Gasteiger partial charge in [0.1, 0.15) is 0 Å². The monoisotopic (exact) mass is 491 g/mol. The Morgan fingerprint density at radius 2 is 0.714 bits per heavy atom. The molecule has 2 atom stereocenters. The fourth-order valence-corrected chi connectivity index (χ4v) is 6.46. The number of hydrogen-bond donors (Lipinski definition) is 1. The summed E-state index contributed by atoms with van der Waals surface area (Å²) in [5, 5.41) is 3.72. The van der Waals surface area contributed by atoms with Gasteiger partial charge in [0.15, 0.2) is 0 Å². The van der Waals surface area contributed by atoms with E-state index in [2.05, 4.69) is 10.2 Å². The van der Waals surface area contributed by atoms with Crippen LogP contribution in [0.3, 0.4) is 0 Å². The van der Waals surface area contributed by atoms with E-state index in [9.17, 15) is 0 Å². The number of hydrogen-bond acceptors (Lipinski definition) is 2. The van der Waals surface area contributed by atoms with Crippen molar-refractivity contribution >= 4 is 0 Å². The average molecular weight is 491 g/mol. The van der Waals surface area contributed by atoms with E-state index in [-0.39, 0.29) is 0 Å². The van der Waals surface area contributed by atoms with E-state index in [0.717, 1.165) is 5.92 Å².